The van der Waals surface area contributed by atoms with Crippen LogP contribution in [0.4, 0.5) is 0 Å². The topological polar surface area (TPSA) is 9.23 Å². The first-order chi connectivity index (χ1) is 8.67. The molecule has 0 saturated carbocycles. The predicted molar refractivity (Wildman–Crippen MR) is 87.3 cm³/mol. The van der Waals surface area contributed by atoms with E-state index in [1.807, 2.05) is 30.3 Å². The number of benzene rings is 1. The number of hydrogen-bond acceptors (Lipinski definition) is 1. The Morgan fingerprint density at radius 1 is 1.26 bits per heavy atom. The lowest BCUT2D eigenvalue weighted by Crippen LogP contribution is -2.41. The smallest absolute Gasteiger partial charge is 0.192 e. The lowest BCUT2D eigenvalue weighted by atomic mass is 10.1. The monoisotopic (exact) mass is 296 g/mol. The van der Waals surface area contributed by atoms with Crippen LogP contribution in [0.3, 0.4) is 0 Å². The summed E-state index contributed by atoms with van der Waals surface area (Å²) < 4.78 is 6.49. The molecule has 0 heterocycles. The third-order valence-corrected chi connectivity index (χ3v) is 8.60. The lowest BCUT2D eigenvalue weighted by Gasteiger charge is -2.39. The first kappa shape index (κ1) is 16.5. The molecular formula is C16H25ClOSi. The van der Waals surface area contributed by atoms with Gasteiger partial charge in [-0.3, -0.25) is 0 Å². The normalized spacial score (nSPS) is 14.2. The zero-order valence-corrected chi connectivity index (χ0v) is 14.4. The summed E-state index contributed by atoms with van der Waals surface area (Å²) in [7, 11) is -1.78. The molecule has 0 fully saturated rings. The highest BCUT2D eigenvalue weighted by atomic mass is 35.5. The summed E-state index contributed by atoms with van der Waals surface area (Å²) in [5.41, 5.74) is 1.18. The van der Waals surface area contributed by atoms with Gasteiger partial charge in [0.05, 0.1) is 6.10 Å². The third-order valence-electron chi connectivity index (χ3n) is 3.87. The fraction of sp³-hybridized carbons (Fsp3) is 0.500. The van der Waals surface area contributed by atoms with E-state index in [-0.39, 0.29) is 11.1 Å². The molecule has 0 aliphatic heterocycles. The van der Waals surface area contributed by atoms with Crippen LogP contribution in [0.2, 0.25) is 23.2 Å². The predicted octanol–water partition coefficient (Wildman–Crippen LogP) is 5.98. The minimum Gasteiger partial charge on any atom is -0.410 e. The van der Waals surface area contributed by atoms with Gasteiger partial charge in [-0.25, -0.2) is 0 Å². The number of rotatable bonds is 5. The Balaban J connectivity index is 2.96. The van der Waals surface area contributed by atoms with E-state index in [9.17, 15) is 0 Å². The maximum Gasteiger partial charge on any atom is 0.192 e. The van der Waals surface area contributed by atoms with Gasteiger partial charge in [0.1, 0.15) is 0 Å². The molecular weight excluding hydrogens is 272 g/mol. The van der Waals surface area contributed by atoms with E-state index in [1.165, 1.54) is 5.56 Å². The summed E-state index contributed by atoms with van der Waals surface area (Å²) in [6, 6.07) is 7.93. The van der Waals surface area contributed by atoms with E-state index < -0.39 is 8.32 Å². The first-order valence-electron chi connectivity index (χ1n) is 6.71. The molecule has 0 radical (unpaired) electrons. The van der Waals surface area contributed by atoms with E-state index in [2.05, 4.69) is 40.4 Å². The second-order valence-electron chi connectivity index (χ2n) is 6.44. The molecule has 0 spiro atoms. The minimum absolute atomic E-state index is 0.0793. The van der Waals surface area contributed by atoms with Crippen LogP contribution in [0.5, 0.6) is 0 Å². The van der Waals surface area contributed by atoms with Crippen LogP contribution in [0.25, 0.3) is 0 Å². The zero-order chi connectivity index (χ0) is 14.7. The van der Waals surface area contributed by atoms with Crippen molar-refractivity contribution in [2.45, 2.75) is 51.4 Å². The fourth-order valence-corrected chi connectivity index (χ4v) is 3.04. The number of hydrogen-bond donors (Lipinski definition) is 0. The van der Waals surface area contributed by atoms with Gasteiger partial charge in [0.2, 0.25) is 0 Å². The van der Waals surface area contributed by atoms with Crippen molar-refractivity contribution in [1.82, 2.24) is 0 Å². The van der Waals surface area contributed by atoms with Crippen molar-refractivity contribution in [1.29, 1.82) is 0 Å². The van der Waals surface area contributed by atoms with Crippen molar-refractivity contribution in [3.8, 4) is 0 Å². The summed E-state index contributed by atoms with van der Waals surface area (Å²) in [5.74, 6) is 0. The zero-order valence-electron chi connectivity index (χ0n) is 12.7. The van der Waals surface area contributed by atoms with E-state index in [0.717, 1.165) is 11.4 Å². The molecule has 0 aliphatic rings. The Morgan fingerprint density at radius 2 is 1.79 bits per heavy atom. The van der Waals surface area contributed by atoms with Crippen molar-refractivity contribution in [3.63, 3.8) is 0 Å². The second-order valence-corrected chi connectivity index (χ2v) is 11.6. The number of halogens is 1. The molecule has 1 nitrogen and oxygen atoms in total. The van der Waals surface area contributed by atoms with Crippen molar-refractivity contribution < 1.29 is 4.43 Å². The maximum absolute atomic E-state index is 6.49. The van der Waals surface area contributed by atoms with Gasteiger partial charge >= 0.3 is 0 Å². The van der Waals surface area contributed by atoms with Gasteiger partial charge in [-0.15, -0.1) is 6.58 Å². The van der Waals surface area contributed by atoms with Crippen molar-refractivity contribution in [2.24, 2.45) is 0 Å². The van der Waals surface area contributed by atoms with E-state index in [1.54, 1.807) is 0 Å². The summed E-state index contributed by atoms with van der Waals surface area (Å²) in [5, 5.41) is 0.965. The molecule has 0 bridgehead atoms. The molecule has 0 N–H and O–H groups in total. The van der Waals surface area contributed by atoms with Crippen LogP contribution in [0.1, 0.15) is 38.9 Å². The minimum atomic E-state index is -1.78. The van der Waals surface area contributed by atoms with Gasteiger partial charge in [-0.2, -0.15) is 0 Å². The van der Waals surface area contributed by atoms with Crippen LogP contribution >= 0.6 is 11.6 Å². The van der Waals surface area contributed by atoms with Gasteiger partial charge in [0, 0.05) is 5.02 Å². The summed E-state index contributed by atoms with van der Waals surface area (Å²) in [6.45, 7) is 15.2. The average molecular weight is 297 g/mol. The molecule has 0 aromatic heterocycles. The van der Waals surface area contributed by atoms with Crippen LogP contribution in [-0.4, -0.2) is 8.32 Å². The summed E-state index contributed by atoms with van der Waals surface area (Å²) >= 11 is 5.95. The summed E-state index contributed by atoms with van der Waals surface area (Å²) in [4.78, 5) is 0. The van der Waals surface area contributed by atoms with E-state index in [0.29, 0.717) is 0 Å². The quantitative estimate of drug-likeness (QED) is 0.480. The lowest BCUT2D eigenvalue weighted by molar-refractivity contribution is 0.187. The largest absolute Gasteiger partial charge is 0.410 e. The van der Waals surface area contributed by atoms with Gasteiger partial charge in [0.15, 0.2) is 8.32 Å². The van der Waals surface area contributed by atoms with Crippen molar-refractivity contribution in [3.05, 3.63) is 47.5 Å². The first-order valence-corrected chi connectivity index (χ1v) is 10.00. The standard InChI is InChI=1S/C16H25ClOSi/c1-7-8-15(13-9-11-14(17)12-10-13)18-19(5,6)16(2,3)4/h7,9-12,15H,1,8H2,2-6H3. The highest BCUT2D eigenvalue weighted by molar-refractivity contribution is 6.74. The SMILES string of the molecule is C=CCC(O[Si](C)(C)C(C)(C)C)c1ccc(Cl)cc1. The van der Waals surface area contributed by atoms with E-state index in [4.69, 9.17) is 16.0 Å². The Kier molecular flexibility index (Phi) is 5.42. The molecule has 1 aromatic carbocycles. The molecule has 1 atom stereocenters. The molecule has 1 unspecified atom stereocenters. The summed E-state index contributed by atoms with van der Waals surface area (Å²) in [6.07, 6.45) is 2.83. The third kappa shape index (κ3) is 4.48. The fourth-order valence-electron chi connectivity index (χ4n) is 1.61. The van der Waals surface area contributed by atoms with Crippen molar-refractivity contribution in [2.75, 3.05) is 0 Å². The second kappa shape index (κ2) is 6.25. The Morgan fingerprint density at radius 3 is 2.21 bits per heavy atom. The Hall–Kier alpha value is -0.573. The molecule has 0 aliphatic carbocycles. The van der Waals surface area contributed by atoms with Gasteiger partial charge in [0.25, 0.3) is 0 Å². The molecule has 106 valence electrons. The van der Waals surface area contributed by atoms with Crippen LogP contribution < -0.4 is 0 Å². The van der Waals surface area contributed by atoms with Crippen LogP contribution in [0, 0.1) is 0 Å². The maximum atomic E-state index is 6.49. The van der Waals surface area contributed by atoms with E-state index >= 15 is 0 Å². The van der Waals surface area contributed by atoms with Gasteiger partial charge < -0.3 is 4.43 Å². The highest BCUT2D eigenvalue weighted by Gasteiger charge is 2.39. The average Bonchev–Trinajstić information content (AvgIpc) is 2.27. The molecule has 1 rings (SSSR count). The Labute approximate surface area is 123 Å². The van der Waals surface area contributed by atoms with Gasteiger partial charge in [-0.1, -0.05) is 50.6 Å². The van der Waals surface area contributed by atoms with Crippen LogP contribution in [-0.2, 0) is 4.43 Å². The molecule has 0 saturated heterocycles. The molecule has 1 aromatic rings. The molecule has 0 amide bonds. The van der Waals surface area contributed by atoms with Gasteiger partial charge in [-0.05, 0) is 42.2 Å². The Bertz CT molecular complexity index is 417. The molecule has 3 heteroatoms. The van der Waals surface area contributed by atoms with Crippen LogP contribution in [0.15, 0.2) is 36.9 Å². The molecule has 19 heavy (non-hydrogen) atoms. The highest BCUT2D eigenvalue weighted by Crippen LogP contribution is 2.40. The van der Waals surface area contributed by atoms with Crippen molar-refractivity contribution >= 4 is 19.9 Å².